The third-order valence-electron chi connectivity index (χ3n) is 4.38. The van der Waals surface area contributed by atoms with E-state index in [1.54, 1.807) is 0 Å². The fourth-order valence-electron chi connectivity index (χ4n) is 3.22. The fraction of sp³-hybridized carbons (Fsp3) is 0.647. The molecule has 1 aliphatic rings. The average Bonchev–Trinajstić information content (AvgIpc) is 2.49. The molecule has 1 fully saturated rings. The van der Waals surface area contributed by atoms with Crippen molar-refractivity contribution in [1.29, 1.82) is 0 Å². The van der Waals surface area contributed by atoms with Crippen molar-refractivity contribution in [2.24, 2.45) is 5.92 Å². The van der Waals surface area contributed by atoms with E-state index < -0.39 is 0 Å². The zero-order valence-corrected chi connectivity index (χ0v) is 13.0. The van der Waals surface area contributed by atoms with Gasteiger partial charge in [0.1, 0.15) is 0 Å². The summed E-state index contributed by atoms with van der Waals surface area (Å²) in [4.78, 5) is 2.60. The molecular weight excluding hydrogens is 248 g/mol. The van der Waals surface area contributed by atoms with Crippen LogP contribution in [0.3, 0.4) is 0 Å². The minimum absolute atomic E-state index is 0.413. The van der Waals surface area contributed by atoms with Gasteiger partial charge < -0.3 is 10.1 Å². The fourth-order valence-corrected chi connectivity index (χ4v) is 3.22. The summed E-state index contributed by atoms with van der Waals surface area (Å²) >= 11 is 0. The molecule has 3 unspecified atom stereocenters. The number of morpholine rings is 1. The Kier molecular flexibility index (Phi) is 6.02. The van der Waals surface area contributed by atoms with Gasteiger partial charge in [-0.3, -0.25) is 4.90 Å². The van der Waals surface area contributed by atoms with Gasteiger partial charge >= 0.3 is 0 Å². The Hall–Kier alpha value is -0.900. The highest BCUT2D eigenvalue weighted by Crippen LogP contribution is 2.24. The molecule has 0 spiro atoms. The van der Waals surface area contributed by atoms with Gasteiger partial charge in [-0.25, -0.2) is 0 Å². The van der Waals surface area contributed by atoms with E-state index in [1.807, 2.05) is 0 Å². The van der Waals surface area contributed by atoms with E-state index in [-0.39, 0.29) is 0 Å². The number of benzene rings is 1. The lowest BCUT2D eigenvalue weighted by Crippen LogP contribution is -2.48. The number of ether oxygens (including phenoxy) is 1. The lowest BCUT2D eigenvalue weighted by Gasteiger charge is -2.38. The molecule has 1 aliphatic heterocycles. The second kappa shape index (κ2) is 7.77. The predicted octanol–water partition coefficient (Wildman–Crippen LogP) is 2.69. The molecule has 0 saturated carbocycles. The molecule has 3 atom stereocenters. The summed E-state index contributed by atoms with van der Waals surface area (Å²) in [6, 6.07) is 11.8. The number of hydrogen-bond acceptors (Lipinski definition) is 3. The summed E-state index contributed by atoms with van der Waals surface area (Å²) < 4.78 is 5.60. The zero-order valence-electron chi connectivity index (χ0n) is 13.0. The monoisotopic (exact) mass is 276 g/mol. The Bertz CT molecular complexity index is 382. The Morgan fingerprint density at radius 1 is 1.35 bits per heavy atom. The molecule has 2 rings (SSSR count). The second-order valence-electron chi connectivity index (χ2n) is 5.79. The molecule has 112 valence electrons. The van der Waals surface area contributed by atoms with Gasteiger partial charge in [-0.1, -0.05) is 44.2 Å². The van der Waals surface area contributed by atoms with E-state index in [4.69, 9.17) is 4.74 Å². The van der Waals surface area contributed by atoms with Crippen molar-refractivity contribution in [1.82, 2.24) is 10.2 Å². The average molecular weight is 276 g/mol. The van der Waals surface area contributed by atoms with Gasteiger partial charge in [-0.2, -0.15) is 0 Å². The Labute approximate surface area is 123 Å². The van der Waals surface area contributed by atoms with Gasteiger partial charge in [-0.15, -0.1) is 0 Å². The molecule has 1 aromatic rings. The van der Waals surface area contributed by atoms with Crippen LogP contribution in [0.15, 0.2) is 30.3 Å². The van der Waals surface area contributed by atoms with Crippen molar-refractivity contribution in [3.05, 3.63) is 35.9 Å². The third kappa shape index (κ3) is 3.81. The summed E-state index contributed by atoms with van der Waals surface area (Å²) in [5, 5.41) is 3.48. The SMILES string of the molecule is CCC1COCCN1CC(C)C(NC)c1ccccc1. The van der Waals surface area contributed by atoms with Gasteiger partial charge in [0.15, 0.2) is 0 Å². The molecule has 0 aliphatic carbocycles. The van der Waals surface area contributed by atoms with Crippen LogP contribution in [-0.2, 0) is 4.74 Å². The molecule has 20 heavy (non-hydrogen) atoms. The first kappa shape index (κ1) is 15.5. The van der Waals surface area contributed by atoms with Crippen molar-refractivity contribution in [2.45, 2.75) is 32.4 Å². The van der Waals surface area contributed by atoms with Crippen molar-refractivity contribution < 1.29 is 4.74 Å². The van der Waals surface area contributed by atoms with E-state index in [0.29, 0.717) is 18.0 Å². The minimum Gasteiger partial charge on any atom is -0.378 e. The standard InChI is InChI=1S/C17H28N2O/c1-4-16-13-20-11-10-19(16)12-14(2)17(18-3)15-8-6-5-7-9-15/h5-9,14,16-18H,4,10-13H2,1-3H3. The summed E-state index contributed by atoms with van der Waals surface area (Å²) in [6.45, 7) is 8.55. The number of rotatable bonds is 6. The van der Waals surface area contributed by atoms with E-state index in [2.05, 4.69) is 61.4 Å². The highest BCUT2D eigenvalue weighted by Gasteiger charge is 2.26. The Morgan fingerprint density at radius 3 is 2.75 bits per heavy atom. The van der Waals surface area contributed by atoms with Crippen molar-refractivity contribution in [3.63, 3.8) is 0 Å². The van der Waals surface area contributed by atoms with E-state index in [0.717, 1.165) is 26.3 Å². The summed E-state index contributed by atoms with van der Waals surface area (Å²) in [6.07, 6.45) is 1.17. The maximum atomic E-state index is 5.60. The van der Waals surface area contributed by atoms with Crippen LogP contribution in [0.5, 0.6) is 0 Å². The second-order valence-corrected chi connectivity index (χ2v) is 5.79. The highest BCUT2D eigenvalue weighted by atomic mass is 16.5. The van der Waals surface area contributed by atoms with E-state index in [9.17, 15) is 0 Å². The van der Waals surface area contributed by atoms with Gasteiger partial charge in [0.05, 0.1) is 13.2 Å². The third-order valence-corrected chi connectivity index (χ3v) is 4.38. The topological polar surface area (TPSA) is 24.5 Å². The Morgan fingerprint density at radius 2 is 2.10 bits per heavy atom. The van der Waals surface area contributed by atoms with Gasteiger partial charge in [0.25, 0.3) is 0 Å². The van der Waals surface area contributed by atoms with E-state index >= 15 is 0 Å². The largest absolute Gasteiger partial charge is 0.378 e. The molecular formula is C17H28N2O. The first-order chi connectivity index (χ1) is 9.76. The van der Waals surface area contributed by atoms with Gasteiger partial charge in [0, 0.05) is 25.2 Å². The molecule has 0 amide bonds. The number of nitrogens with one attached hydrogen (secondary N) is 1. The maximum Gasteiger partial charge on any atom is 0.0622 e. The van der Waals surface area contributed by atoms with Crippen LogP contribution in [0, 0.1) is 5.92 Å². The first-order valence-corrected chi connectivity index (χ1v) is 7.80. The van der Waals surface area contributed by atoms with Crippen LogP contribution >= 0.6 is 0 Å². The lowest BCUT2D eigenvalue weighted by atomic mass is 9.93. The van der Waals surface area contributed by atoms with Crippen LogP contribution in [0.2, 0.25) is 0 Å². The molecule has 0 bridgehead atoms. The van der Waals surface area contributed by atoms with Gasteiger partial charge in [-0.05, 0) is 24.9 Å². The molecule has 1 heterocycles. The molecule has 0 radical (unpaired) electrons. The number of hydrogen-bond donors (Lipinski definition) is 1. The molecule has 0 aromatic heterocycles. The molecule has 1 saturated heterocycles. The van der Waals surface area contributed by atoms with Crippen LogP contribution < -0.4 is 5.32 Å². The van der Waals surface area contributed by atoms with Crippen molar-refractivity contribution in [3.8, 4) is 0 Å². The number of nitrogens with zero attached hydrogens (tertiary/aromatic N) is 1. The summed E-state index contributed by atoms with van der Waals surface area (Å²) in [5.41, 5.74) is 1.38. The van der Waals surface area contributed by atoms with E-state index in [1.165, 1.54) is 12.0 Å². The lowest BCUT2D eigenvalue weighted by molar-refractivity contribution is -0.0165. The summed E-state index contributed by atoms with van der Waals surface area (Å²) in [7, 11) is 2.06. The quantitative estimate of drug-likeness (QED) is 0.864. The first-order valence-electron chi connectivity index (χ1n) is 7.80. The van der Waals surface area contributed by atoms with Crippen molar-refractivity contribution >= 4 is 0 Å². The molecule has 1 N–H and O–H groups in total. The van der Waals surface area contributed by atoms with Crippen LogP contribution in [0.4, 0.5) is 0 Å². The smallest absolute Gasteiger partial charge is 0.0622 e. The molecule has 1 aromatic carbocycles. The normalized spacial score (nSPS) is 23.4. The van der Waals surface area contributed by atoms with Gasteiger partial charge in [0.2, 0.25) is 0 Å². The molecule has 3 nitrogen and oxygen atoms in total. The summed E-state index contributed by atoms with van der Waals surface area (Å²) in [5.74, 6) is 0.578. The van der Waals surface area contributed by atoms with Crippen molar-refractivity contribution in [2.75, 3.05) is 33.4 Å². The minimum atomic E-state index is 0.413. The van der Waals surface area contributed by atoms with Crippen LogP contribution in [0.1, 0.15) is 31.9 Å². The maximum absolute atomic E-state index is 5.60. The Balaban J connectivity index is 2.00. The predicted molar refractivity (Wildman–Crippen MR) is 83.9 cm³/mol. The highest BCUT2D eigenvalue weighted by molar-refractivity contribution is 5.19. The van der Waals surface area contributed by atoms with Crippen LogP contribution in [0.25, 0.3) is 0 Å². The zero-order chi connectivity index (χ0) is 14.4. The molecule has 3 heteroatoms. The van der Waals surface area contributed by atoms with Crippen LogP contribution in [-0.4, -0.2) is 44.3 Å².